The standard InChI is InChI=1S/C28H29Cl2FN2O3/c1-18-14-23(29)27(24(30)15-18)36-13-12-35-22-9-7-19(8-10-22)16-21(17-32)28(34)33-11-3-5-20-4-2-6-25(31)26(20)33/h2,4,6-10,14-15,21H,3,5,11-13,16-17,32H2,1H3. The SMILES string of the molecule is Cc1cc(Cl)c(OCCOc2ccc(CC(CN)C(=O)N3CCCc4cccc(F)c43)cc2)c(Cl)c1. The molecule has 3 aromatic carbocycles. The van der Waals surface area contributed by atoms with Crippen molar-refractivity contribution < 1.29 is 18.7 Å². The molecule has 8 heteroatoms. The third-order valence-corrected chi connectivity index (χ3v) is 6.78. The van der Waals surface area contributed by atoms with Crippen LogP contribution in [0.3, 0.4) is 0 Å². The fourth-order valence-electron chi connectivity index (χ4n) is 4.45. The van der Waals surface area contributed by atoms with Gasteiger partial charge in [-0.1, -0.05) is 47.5 Å². The number of aryl methyl sites for hydroxylation is 2. The summed E-state index contributed by atoms with van der Waals surface area (Å²) >= 11 is 12.4. The first-order valence-electron chi connectivity index (χ1n) is 12.0. The molecule has 0 bridgehead atoms. The number of anilines is 1. The lowest BCUT2D eigenvalue weighted by atomic mass is 9.95. The van der Waals surface area contributed by atoms with Gasteiger partial charge in [-0.25, -0.2) is 4.39 Å². The Morgan fingerprint density at radius 2 is 1.78 bits per heavy atom. The van der Waals surface area contributed by atoms with Crippen LogP contribution in [0.2, 0.25) is 10.0 Å². The van der Waals surface area contributed by atoms with Crippen molar-refractivity contribution in [3.63, 3.8) is 0 Å². The highest BCUT2D eigenvalue weighted by Crippen LogP contribution is 2.34. The molecule has 0 saturated heterocycles. The smallest absolute Gasteiger partial charge is 0.231 e. The first-order chi connectivity index (χ1) is 17.4. The molecule has 36 heavy (non-hydrogen) atoms. The van der Waals surface area contributed by atoms with Crippen LogP contribution in [-0.4, -0.2) is 32.2 Å². The molecule has 2 N–H and O–H groups in total. The number of ether oxygens (including phenoxy) is 2. The number of amides is 1. The summed E-state index contributed by atoms with van der Waals surface area (Å²) in [7, 11) is 0. The highest BCUT2D eigenvalue weighted by Gasteiger charge is 2.30. The number of halogens is 3. The number of para-hydroxylation sites is 1. The molecule has 0 fully saturated rings. The number of hydrogen-bond acceptors (Lipinski definition) is 4. The van der Waals surface area contributed by atoms with Gasteiger partial charge in [-0.2, -0.15) is 0 Å². The maximum Gasteiger partial charge on any atom is 0.231 e. The van der Waals surface area contributed by atoms with Crippen LogP contribution in [0.4, 0.5) is 10.1 Å². The second kappa shape index (κ2) is 12.0. The van der Waals surface area contributed by atoms with Gasteiger partial charge in [0.1, 0.15) is 24.8 Å². The Bertz CT molecular complexity index is 1200. The number of fused-ring (bicyclic) bond motifs is 1. The van der Waals surface area contributed by atoms with Gasteiger partial charge < -0.3 is 20.1 Å². The van der Waals surface area contributed by atoms with E-state index in [0.717, 1.165) is 29.5 Å². The Morgan fingerprint density at radius 3 is 2.47 bits per heavy atom. The maximum atomic E-state index is 14.5. The highest BCUT2D eigenvalue weighted by molar-refractivity contribution is 6.37. The van der Waals surface area contributed by atoms with E-state index in [-0.39, 0.29) is 24.9 Å². The van der Waals surface area contributed by atoms with Crippen molar-refractivity contribution in [3.8, 4) is 11.5 Å². The summed E-state index contributed by atoms with van der Waals surface area (Å²) in [5, 5.41) is 0.924. The van der Waals surface area contributed by atoms with Gasteiger partial charge in [0.15, 0.2) is 5.75 Å². The van der Waals surface area contributed by atoms with Crippen molar-refractivity contribution in [1.82, 2.24) is 0 Å². The second-order valence-electron chi connectivity index (χ2n) is 8.88. The second-order valence-corrected chi connectivity index (χ2v) is 9.69. The van der Waals surface area contributed by atoms with E-state index < -0.39 is 5.92 Å². The fraction of sp³-hybridized carbons (Fsp3) is 0.321. The van der Waals surface area contributed by atoms with E-state index in [1.165, 1.54) is 6.07 Å². The van der Waals surface area contributed by atoms with Gasteiger partial charge >= 0.3 is 0 Å². The molecular weight excluding hydrogens is 502 g/mol. The summed E-state index contributed by atoms with van der Waals surface area (Å²) in [6.07, 6.45) is 2.03. The number of carbonyl (C=O) groups excluding carboxylic acids is 1. The van der Waals surface area contributed by atoms with Gasteiger partial charge in [-0.15, -0.1) is 0 Å². The molecule has 5 nitrogen and oxygen atoms in total. The van der Waals surface area contributed by atoms with E-state index in [9.17, 15) is 9.18 Å². The molecule has 0 radical (unpaired) electrons. The van der Waals surface area contributed by atoms with Crippen LogP contribution in [0, 0.1) is 18.7 Å². The Kier molecular flexibility index (Phi) is 8.72. The van der Waals surface area contributed by atoms with Crippen LogP contribution in [0.5, 0.6) is 11.5 Å². The van der Waals surface area contributed by atoms with Crippen molar-refractivity contribution in [2.75, 3.05) is 31.2 Å². The minimum atomic E-state index is -0.445. The van der Waals surface area contributed by atoms with Crippen molar-refractivity contribution in [1.29, 1.82) is 0 Å². The van der Waals surface area contributed by atoms with E-state index in [1.807, 2.05) is 37.3 Å². The predicted molar refractivity (Wildman–Crippen MR) is 142 cm³/mol. The van der Waals surface area contributed by atoms with Crippen molar-refractivity contribution in [2.24, 2.45) is 11.7 Å². The lowest BCUT2D eigenvalue weighted by molar-refractivity contribution is -0.122. The van der Waals surface area contributed by atoms with E-state index in [0.29, 0.717) is 46.8 Å². The number of carbonyl (C=O) groups is 1. The van der Waals surface area contributed by atoms with Crippen molar-refractivity contribution in [2.45, 2.75) is 26.2 Å². The van der Waals surface area contributed by atoms with Crippen molar-refractivity contribution in [3.05, 3.63) is 87.2 Å². The van der Waals surface area contributed by atoms with E-state index in [1.54, 1.807) is 23.1 Å². The number of rotatable bonds is 9. The van der Waals surface area contributed by atoms with E-state index in [2.05, 4.69) is 0 Å². The van der Waals surface area contributed by atoms with Crippen LogP contribution in [0.1, 0.15) is 23.1 Å². The maximum absolute atomic E-state index is 14.5. The molecule has 0 spiro atoms. The largest absolute Gasteiger partial charge is 0.490 e. The van der Waals surface area contributed by atoms with Crippen LogP contribution in [-0.2, 0) is 17.6 Å². The topological polar surface area (TPSA) is 64.8 Å². The molecule has 1 heterocycles. The molecule has 1 amide bonds. The molecule has 1 aliphatic heterocycles. The first-order valence-corrected chi connectivity index (χ1v) is 12.7. The monoisotopic (exact) mass is 530 g/mol. The van der Waals surface area contributed by atoms with Gasteiger partial charge in [0, 0.05) is 13.1 Å². The van der Waals surface area contributed by atoms with Gasteiger partial charge in [0.2, 0.25) is 5.91 Å². The average molecular weight is 531 g/mol. The van der Waals surface area contributed by atoms with Gasteiger partial charge in [0.25, 0.3) is 0 Å². The number of nitrogens with two attached hydrogens (primary N) is 1. The van der Waals surface area contributed by atoms with Crippen LogP contribution in [0.15, 0.2) is 54.6 Å². The minimum absolute atomic E-state index is 0.144. The minimum Gasteiger partial charge on any atom is -0.490 e. The molecule has 0 aromatic heterocycles. The van der Waals surface area contributed by atoms with Crippen LogP contribution < -0.4 is 20.1 Å². The molecular formula is C28H29Cl2FN2O3. The van der Waals surface area contributed by atoms with E-state index >= 15 is 0 Å². The normalized spacial score (nSPS) is 13.8. The summed E-state index contributed by atoms with van der Waals surface area (Å²) in [6.45, 7) is 3.17. The summed E-state index contributed by atoms with van der Waals surface area (Å²) in [6, 6.07) is 16.0. The molecule has 1 unspecified atom stereocenters. The molecule has 0 aliphatic carbocycles. The molecule has 3 aromatic rings. The van der Waals surface area contributed by atoms with Gasteiger partial charge in [-0.3, -0.25) is 4.79 Å². The lowest BCUT2D eigenvalue weighted by Gasteiger charge is -2.32. The van der Waals surface area contributed by atoms with Crippen LogP contribution in [0.25, 0.3) is 0 Å². The zero-order valence-electron chi connectivity index (χ0n) is 20.1. The third kappa shape index (κ3) is 6.12. The quantitative estimate of drug-likeness (QED) is 0.345. The summed E-state index contributed by atoms with van der Waals surface area (Å²) < 4.78 is 26.0. The Balaban J connectivity index is 1.32. The Morgan fingerprint density at radius 1 is 1.08 bits per heavy atom. The fourth-order valence-corrected chi connectivity index (χ4v) is 5.15. The van der Waals surface area contributed by atoms with Crippen LogP contribution >= 0.6 is 23.2 Å². The first kappa shape index (κ1) is 26.3. The lowest BCUT2D eigenvalue weighted by Crippen LogP contribution is -2.43. The predicted octanol–water partition coefficient (Wildman–Crippen LogP) is 6.00. The Labute approximate surface area is 220 Å². The molecule has 190 valence electrons. The van der Waals surface area contributed by atoms with Gasteiger partial charge in [-0.05, 0) is 73.2 Å². The van der Waals surface area contributed by atoms with Gasteiger partial charge in [0.05, 0.1) is 21.7 Å². The number of hydrogen-bond donors (Lipinski definition) is 1. The van der Waals surface area contributed by atoms with Crippen molar-refractivity contribution >= 4 is 34.8 Å². The average Bonchev–Trinajstić information content (AvgIpc) is 2.86. The zero-order valence-corrected chi connectivity index (χ0v) is 21.6. The summed E-state index contributed by atoms with van der Waals surface area (Å²) in [5.74, 6) is 0.158. The zero-order chi connectivity index (χ0) is 25.7. The Hall–Kier alpha value is -2.80. The van der Waals surface area contributed by atoms with E-state index in [4.69, 9.17) is 38.4 Å². The molecule has 1 atom stereocenters. The summed E-state index contributed by atoms with van der Waals surface area (Å²) in [5.41, 5.74) is 9.14. The third-order valence-electron chi connectivity index (χ3n) is 6.21. The highest BCUT2D eigenvalue weighted by atomic mass is 35.5. The molecule has 4 rings (SSSR count). The number of nitrogens with zero attached hydrogens (tertiary/aromatic N) is 1. The summed E-state index contributed by atoms with van der Waals surface area (Å²) in [4.78, 5) is 14.9. The number of benzene rings is 3. The molecule has 0 saturated carbocycles. The molecule has 1 aliphatic rings.